The average molecular weight is 481 g/mol. The molecule has 0 unspecified atom stereocenters. The van der Waals surface area contributed by atoms with E-state index in [-0.39, 0.29) is 5.91 Å². The van der Waals surface area contributed by atoms with Gasteiger partial charge < -0.3 is 9.80 Å². The number of benzene rings is 2. The molecule has 0 radical (unpaired) electrons. The molecule has 1 aliphatic rings. The summed E-state index contributed by atoms with van der Waals surface area (Å²) < 4.78 is 1.81. The topological polar surface area (TPSA) is 67.2 Å². The molecule has 2 aromatic carbocycles. The van der Waals surface area contributed by atoms with Crippen LogP contribution < -0.4 is 4.90 Å². The molecule has 0 aliphatic carbocycles. The summed E-state index contributed by atoms with van der Waals surface area (Å²) in [5, 5.41) is 7.94. The molecule has 3 aromatic heterocycles. The zero-order valence-corrected chi connectivity index (χ0v) is 20.2. The summed E-state index contributed by atoms with van der Waals surface area (Å²) in [6, 6.07) is 20.1. The van der Waals surface area contributed by atoms with Gasteiger partial charge in [-0.15, -0.1) is 11.3 Å². The SMILES string of the molecule is Cc1ccc(-n2cc(C(=O)N3CCN(c4ncnc5sccc45)CC3)c(-c3ccccc3)n2)cc1. The van der Waals surface area contributed by atoms with Gasteiger partial charge in [-0.05, 0) is 30.5 Å². The maximum absolute atomic E-state index is 13.7. The van der Waals surface area contributed by atoms with E-state index in [0.29, 0.717) is 24.3 Å². The van der Waals surface area contributed by atoms with E-state index in [1.165, 1.54) is 5.56 Å². The van der Waals surface area contributed by atoms with Gasteiger partial charge in [0.25, 0.3) is 5.91 Å². The minimum atomic E-state index is 0.00484. The Bertz CT molecular complexity index is 1480. The molecule has 1 saturated heterocycles. The highest BCUT2D eigenvalue weighted by molar-refractivity contribution is 7.16. The number of thiophene rings is 1. The monoisotopic (exact) mass is 480 g/mol. The number of carbonyl (C=O) groups is 1. The number of anilines is 1. The fourth-order valence-corrected chi connectivity index (χ4v) is 5.22. The highest BCUT2D eigenvalue weighted by Gasteiger charge is 2.27. The third kappa shape index (κ3) is 4.06. The zero-order valence-electron chi connectivity index (χ0n) is 19.3. The van der Waals surface area contributed by atoms with Crippen LogP contribution >= 0.6 is 11.3 Å². The number of aromatic nitrogens is 4. The molecule has 6 rings (SSSR count). The summed E-state index contributed by atoms with van der Waals surface area (Å²) in [5.74, 6) is 0.950. The molecule has 5 aromatic rings. The van der Waals surface area contributed by atoms with Crippen LogP contribution in [0.5, 0.6) is 0 Å². The lowest BCUT2D eigenvalue weighted by atomic mass is 10.1. The standard InChI is InChI=1S/C27H24N6OS/c1-19-7-9-21(10-8-19)33-17-23(24(30-33)20-5-3-2-4-6-20)27(34)32-14-12-31(13-15-32)25-22-11-16-35-26(22)29-18-28-25/h2-11,16-18H,12-15H2,1H3. The largest absolute Gasteiger partial charge is 0.352 e. The van der Waals surface area contributed by atoms with Gasteiger partial charge in [0.2, 0.25) is 0 Å². The van der Waals surface area contributed by atoms with Crippen molar-refractivity contribution in [2.75, 3.05) is 31.1 Å². The average Bonchev–Trinajstić information content (AvgIpc) is 3.57. The molecule has 1 aliphatic heterocycles. The second-order valence-electron chi connectivity index (χ2n) is 8.65. The van der Waals surface area contributed by atoms with Gasteiger partial charge in [0.15, 0.2) is 0 Å². The van der Waals surface area contributed by atoms with Crippen LogP contribution in [0.1, 0.15) is 15.9 Å². The second kappa shape index (κ2) is 8.96. The van der Waals surface area contributed by atoms with Gasteiger partial charge in [0, 0.05) is 37.9 Å². The molecule has 4 heterocycles. The maximum Gasteiger partial charge on any atom is 0.257 e. The molecule has 174 valence electrons. The van der Waals surface area contributed by atoms with Gasteiger partial charge in [0.05, 0.1) is 16.6 Å². The van der Waals surface area contributed by atoms with Crippen LogP contribution in [-0.2, 0) is 0 Å². The van der Waals surface area contributed by atoms with Gasteiger partial charge in [-0.1, -0.05) is 48.0 Å². The summed E-state index contributed by atoms with van der Waals surface area (Å²) in [7, 11) is 0. The first-order chi connectivity index (χ1) is 17.2. The molecule has 0 saturated carbocycles. The molecular formula is C27H24N6OS. The van der Waals surface area contributed by atoms with E-state index in [0.717, 1.165) is 40.4 Å². The fourth-order valence-electron chi connectivity index (χ4n) is 4.49. The second-order valence-corrected chi connectivity index (χ2v) is 9.55. The smallest absolute Gasteiger partial charge is 0.257 e. The molecule has 1 fully saturated rings. The molecule has 0 bridgehead atoms. The predicted molar refractivity (Wildman–Crippen MR) is 139 cm³/mol. The van der Waals surface area contributed by atoms with E-state index in [9.17, 15) is 4.79 Å². The minimum Gasteiger partial charge on any atom is -0.352 e. The lowest BCUT2D eigenvalue weighted by Crippen LogP contribution is -2.49. The van der Waals surface area contributed by atoms with Crippen molar-refractivity contribution in [3.8, 4) is 16.9 Å². The molecule has 7 nitrogen and oxygen atoms in total. The van der Waals surface area contributed by atoms with Crippen LogP contribution in [-0.4, -0.2) is 56.7 Å². The summed E-state index contributed by atoms with van der Waals surface area (Å²) in [6.45, 7) is 4.75. The highest BCUT2D eigenvalue weighted by atomic mass is 32.1. The first-order valence-corrected chi connectivity index (χ1v) is 12.5. The van der Waals surface area contributed by atoms with Gasteiger partial charge in [-0.2, -0.15) is 5.10 Å². The van der Waals surface area contributed by atoms with E-state index in [2.05, 4.69) is 40.0 Å². The van der Waals surface area contributed by atoms with E-state index < -0.39 is 0 Å². The Morgan fingerprint density at radius 1 is 0.914 bits per heavy atom. The molecule has 1 amide bonds. The Morgan fingerprint density at radius 3 is 2.46 bits per heavy atom. The lowest BCUT2D eigenvalue weighted by Gasteiger charge is -2.35. The van der Waals surface area contributed by atoms with Gasteiger partial charge in [-0.3, -0.25) is 4.79 Å². The van der Waals surface area contributed by atoms with Gasteiger partial charge in [0.1, 0.15) is 22.7 Å². The van der Waals surface area contributed by atoms with Crippen LogP contribution in [0.25, 0.3) is 27.2 Å². The van der Waals surface area contributed by atoms with Crippen LogP contribution in [0.15, 0.2) is 78.6 Å². The summed E-state index contributed by atoms with van der Waals surface area (Å²) in [6.07, 6.45) is 3.48. The Kier molecular flexibility index (Phi) is 5.50. The predicted octanol–water partition coefficient (Wildman–Crippen LogP) is 4.81. The lowest BCUT2D eigenvalue weighted by molar-refractivity contribution is 0.0747. The molecule has 0 atom stereocenters. The molecular weight excluding hydrogens is 456 g/mol. The third-order valence-corrected chi connectivity index (χ3v) is 7.22. The van der Waals surface area contributed by atoms with Crippen LogP contribution in [0.3, 0.4) is 0 Å². The molecule has 35 heavy (non-hydrogen) atoms. The zero-order chi connectivity index (χ0) is 23.8. The van der Waals surface area contributed by atoms with E-state index in [4.69, 9.17) is 5.10 Å². The van der Waals surface area contributed by atoms with Crippen molar-refractivity contribution in [2.24, 2.45) is 0 Å². The first-order valence-electron chi connectivity index (χ1n) is 11.6. The quantitative estimate of drug-likeness (QED) is 0.369. The normalized spacial score (nSPS) is 14.0. The Hall–Kier alpha value is -4.04. The minimum absolute atomic E-state index is 0.00484. The third-order valence-electron chi connectivity index (χ3n) is 6.40. The number of aryl methyl sites for hydroxylation is 1. The number of hydrogen-bond acceptors (Lipinski definition) is 6. The van der Waals surface area contributed by atoms with Crippen molar-refractivity contribution in [2.45, 2.75) is 6.92 Å². The Morgan fingerprint density at radius 2 is 1.69 bits per heavy atom. The van der Waals surface area contributed by atoms with Gasteiger partial charge >= 0.3 is 0 Å². The van der Waals surface area contributed by atoms with E-state index in [1.54, 1.807) is 22.3 Å². The van der Waals surface area contributed by atoms with Crippen LogP contribution in [0.4, 0.5) is 5.82 Å². The first kappa shape index (κ1) is 21.5. The van der Waals surface area contributed by atoms with E-state index in [1.807, 2.05) is 58.9 Å². The number of hydrogen-bond donors (Lipinski definition) is 0. The van der Waals surface area contributed by atoms with Gasteiger partial charge in [-0.25, -0.2) is 14.6 Å². The van der Waals surface area contributed by atoms with Crippen molar-refractivity contribution in [3.05, 3.63) is 89.7 Å². The maximum atomic E-state index is 13.7. The Balaban J connectivity index is 1.28. The molecule has 0 spiro atoms. The van der Waals surface area contributed by atoms with Crippen molar-refractivity contribution < 1.29 is 4.79 Å². The summed E-state index contributed by atoms with van der Waals surface area (Å²) >= 11 is 1.62. The van der Waals surface area contributed by atoms with Crippen molar-refractivity contribution >= 4 is 33.3 Å². The highest BCUT2D eigenvalue weighted by Crippen LogP contribution is 2.29. The molecule has 0 N–H and O–H groups in total. The van der Waals surface area contributed by atoms with Crippen LogP contribution in [0.2, 0.25) is 0 Å². The number of nitrogens with zero attached hydrogens (tertiary/aromatic N) is 6. The summed E-state index contributed by atoms with van der Waals surface area (Å²) in [5.41, 5.74) is 4.37. The summed E-state index contributed by atoms with van der Waals surface area (Å²) in [4.78, 5) is 27.8. The van der Waals surface area contributed by atoms with Crippen molar-refractivity contribution in [3.63, 3.8) is 0 Å². The number of carbonyl (C=O) groups excluding carboxylic acids is 1. The van der Waals surface area contributed by atoms with Crippen molar-refractivity contribution in [1.82, 2.24) is 24.6 Å². The Labute approximate surface area is 207 Å². The molecule has 8 heteroatoms. The number of amides is 1. The van der Waals surface area contributed by atoms with Crippen molar-refractivity contribution in [1.29, 1.82) is 0 Å². The number of piperazine rings is 1. The van der Waals surface area contributed by atoms with Crippen LogP contribution in [0, 0.1) is 6.92 Å². The number of rotatable bonds is 4. The number of fused-ring (bicyclic) bond motifs is 1. The van der Waals surface area contributed by atoms with E-state index >= 15 is 0 Å². The fraction of sp³-hybridized carbons (Fsp3) is 0.185.